The molecule has 0 unspecified atom stereocenters. The Bertz CT molecular complexity index is 105. The zero-order valence-corrected chi connectivity index (χ0v) is 3.81. The summed E-state index contributed by atoms with van der Waals surface area (Å²) < 4.78 is 0. The fourth-order valence-electron chi connectivity index (χ4n) is 0.253. The van der Waals surface area contributed by atoms with E-state index in [1.165, 1.54) is 0 Å². The molecule has 1 heterocycles. The van der Waals surface area contributed by atoms with Crippen LogP contribution in [0.4, 0.5) is 0 Å². The second kappa shape index (κ2) is 1.39. The van der Waals surface area contributed by atoms with Crippen molar-refractivity contribution in [2.75, 3.05) is 6.54 Å². The van der Waals surface area contributed by atoms with E-state index in [2.05, 4.69) is 10.2 Å². The summed E-state index contributed by atoms with van der Waals surface area (Å²) >= 11 is 5.39. The van der Waals surface area contributed by atoms with Crippen LogP contribution in [0, 0.1) is 0 Å². The minimum atomic E-state index is 0.571. The Labute approximate surface area is 40.5 Å². The molecule has 2 nitrogen and oxygen atoms in total. The lowest BCUT2D eigenvalue weighted by molar-refractivity contribution is 1.13. The van der Waals surface area contributed by atoms with Gasteiger partial charge in [-0.05, 0) is 0 Å². The van der Waals surface area contributed by atoms with Gasteiger partial charge in [-0.3, -0.25) is 0 Å². The SMILES string of the molecule is ClC1=CN=NC1. The van der Waals surface area contributed by atoms with Crippen molar-refractivity contribution >= 4 is 11.6 Å². The summed E-state index contributed by atoms with van der Waals surface area (Å²) in [4.78, 5) is 0. The number of hydrogen-bond donors (Lipinski definition) is 0. The van der Waals surface area contributed by atoms with Crippen LogP contribution in [0.1, 0.15) is 0 Å². The van der Waals surface area contributed by atoms with Crippen molar-refractivity contribution in [3.05, 3.63) is 11.2 Å². The van der Waals surface area contributed by atoms with Gasteiger partial charge in [-0.2, -0.15) is 10.2 Å². The molecule has 1 rings (SSSR count). The third-order valence-corrected chi connectivity index (χ3v) is 0.718. The largest absolute Gasteiger partial charge is 0.183 e. The third-order valence-electron chi connectivity index (χ3n) is 0.501. The van der Waals surface area contributed by atoms with E-state index < -0.39 is 0 Å². The molecule has 0 aromatic heterocycles. The highest BCUT2D eigenvalue weighted by atomic mass is 35.5. The first-order valence-corrected chi connectivity index (χ1v) is 1.98. The highest BCUT2D eigenvalue weighted by Gasteiger charge is 1.92. The van der Waals surface area contributed by atoms with Crippen LogP contribution in [0.15, 0.2) is 21.5 Å². The lowest BCUT2D eigenvalue weighted by Gasteiger charge is -1.71. The third kappa shape index (κ3) is 0.571. The first kappa shape index (κ1) is 3.81. The molecule has 0 fully saturated rings. The van der Waals surface area contributed by atoms with Crippen molar-refractivity contribution in [1.29, 1.82) is 0 Å². The molecule has 0 saturated carbocycles. The minimum Gasteiger partial charge on any atom is -0.183 e. The van der Waals surface area contributed by atoms with Crippen LogP contribution < -0.4 is 0 Å². The first-order chi connectivity index (χ1) is 2.89. The quantitative estimate of drug-likeness (QED) is 0.443. The van der Waals surface area contributed by atoms with E-state index in [1.54, 1.807) is 6.20 Å². The van der Waals surface area contributed by atoms with Crippen molar-refractivity contribution in [1.82, 2.24) is 0 Å². The zero-order valence-electron chi connectivity index (χ0n) is 3.06. The van der Waals surface area contributed by atoms with Gasteiger partial charge in [0.2, 0.25) is 0 Å². The van der Waals surface area contributed by atoms with E-state index in [4.69, 9.17) is 11.6 Å². The second-order valence-electron chi connectivity index (χ2n) is 0.991. The van der Waals surface area contributed by atoms with Crippen LogP contribution in [0.3, 0.4) is 0 Å². The fraction of sp³-hybridized carbons (Fsp3) is 0.333. The second-order valence-corrected chi connectivity index (χ2v) is 1.48. The van der Waals surface area contributed by atoms with Gasteiger partial charge in [-0.25, -0.2) is 0 Å². The van der Waals surface area contributed by atoms with E-state index in [0.29, 0.717) is 6.54 Å². The van der Waals surface area contributed by atoms with Crippen LogP contribution in [-0.2, 0) is 0 Å². The molecule has 0 saturated heterocycles. The first-order valence-electron chi connectivity index (χ1n) is 1.61. The van der Waals surface area contributed by atoms with Gasteiger partial charge in [0.15, 0.2) is 0 Å². The van der Waals surface area contributed by atoms with Crippen molar-refractivity contribution in [2.24, 2.45) is 10.2 Å². The minimum absolute atomic E-state index is 0.571. The van der Waals surface area contributed by atoms with Crippen LogP contribution in [0.5, 0.6) is 0 Å². The Hall–Kier alpha value is -0.370. The molecule has 1 aliphatic rings. The van der Waals surface area contributed by atoms with E-state index in [1.807, 2.05) is 0 Å². The van der Waals surface area contributed by atoms with Crippen molar-refractivity contribution in [2.45, 2.75) is 0 Å². The molecular weight excluding hydrogens is 99.5 g/mol. The summed E-state index contributed by atoms with van der Waals surface area (Å²) in [6, 6.07) is 0. The Kier molecular flexibility index (Phi) is 0.881. The fourth-order valence-corrected chi connectivity index (χ4v) is 0.350. The molecule has 3 heteroatoms. The predicted octanol–water partition coefficient (Wildman–Crippen LogP) is 1.53. The maximum absolute atomic E-state index is 5.39. The van der Waals surface area contributed by atoms with Gasteiger partial charge in [-0.15, -0.1) is 0 Å². The Morgan fingerprint density at radius 3 is 2.83 bits per heavy atom. The highest BCUT2D eigenvalue weighted by molar-refractivity contribution is 6.29. The summed E-state index contributed by atoms with van der Waals surface area (Å²) in [5.41, 5.74) is 0. The lowest BCUT2D eigenvalue weighted by atomic mass is 10.6. The molecule has 32 valence electrons. The number of nitrogens with zero attached hydrogens (tertiary/aromatic N) is 2. The van der Waals surface area contributed by atoms with Crippen LogP contribution in [0.25, 0.3) is 0 Å². The highest BCUT2D eigenvalue weighted by Crippen LogP contribution is 2.07. The van der Waals surface area contributed by atoms with Crippen molar-refractivity contribution in [3.8, 4) is 0 Å². The van der Waals surface area contributed by atoms with Gasteiger partial charge >= 0.3 is 0 Å². The molecule has 0 amide bonds. The molecule has 0 spiro atoms. The molecule has 0 aromatic rings. The van der Waals surface area contributed by atoms with Gasteiger partial charge < -0.3 is 0 Å². The molecule has 0 aromatic carbocycles. The normalized spacial score (nSPS) is 18.5. The maximum Gasteiger partial charge on any atom is 0.0975 e. The predicted molar refractivity (Wildman–Crippen MR) is 23.7 cm³/mol. The average molecular weight is 103 g/mol. The molecule has 0 atom stereocenters. The molecule has 1 aliphatic heterocycles. The lowest BCUT2D eigenvalue weighted by Crippen LogP contribution is -1.65. The van der Waals surface area contributed by atoms with E-state index in [9.17, 15) is 0 Å². The maximum atomic E-state index is 5.39. The summed E-state index contributed by atoms with van der Waals surface area (Å²) in [6.45, 7) is 0.571. The van der Waals surface area contributed by atoms with Gasteiger partial charge in [0.25, 0.3) is 0 Å². The number of azo groups is 1. The van der Waals surface area contributed by atoms with Crippen molar-refractivity contribution < 1.29 is 0 Å². The number of rotatable bonds is 0. The topological polar surface area (TPSA) is 24.7 Å². The summed E-state index contributed by atoms with van der Waals surface area (Å²) in [7, 11) is 0. The Morgan fingerprint density at radius 2 is 2.67 bits per heavy atom. The Morgan fingerprint density at radius 1 is 1.83 bits per heavy atom. The van der Waals surface area contributed by atoms with E-state index in [-0.39, 0.29) is 0 Å². The van der Waals surface area contributed by atoms with E-state index >= 15 is 0 Å². The van der Waals surface area contributed by atoms with E-state index in [0.717, 1.165) is 5.03 Å². The van der Waals surface area contributed by atoms with Crippen LogP contribution in [-0.4, -0.2) is 6.54 Å². The monoisotopic (exact) mass is 102 g/mol. The molecular formula is C3H3ClN2. The van der Waals surface area contributed by atoms with Gasteiger partial charge in [0.1, 0.15) is 0 Å². The van der Waals surface area contributed by atoms with Crippen LogP contribution in [0.2, 0.25) is 0 Å². The molecule has 0 radical (unpaired) electrons. The van der Waals surface area contributed by atoms with Gasteiger partial charge in [0, 0.05) is 0 Å². The Balaban J connectivity index is 2.61. The smallest absolute Gasteiger partial charge is 0.0975 e. The summed E-state index contributed by atoms with van der Waals surface area (Å²) in [5, 5.41) is 7.78. The molecule has 0 bridgehead atoms. The van der Waals surface area contributed by atoms with Gasteiger partial charge in [0.05, 0.1) is 17.8 Å². The molecule has 6 heavy (non-hydrogen) atoms. The number of hydrogen-bond acceptors (Lipinski definition) is 2. The summed E-state index contributed by atoms with van der Waals surface area (Å²) in [6.07, 6.45) is 1.54. The standard InChI is InChI=1S/C3H3ClN2/c4-3-1-5-6-2-3/h1H,2H2. The molecule has 0 N–H and O–H groups in total. The zero-order chi connectivity index (χ0) is 4.41. The summed E-state index contributed by atoms with van der Waals surface area (Å²) in [5.74, 6) is 0. The number of halogens is 1. The average Bonchev–Trinajstić information content (AvgIpc) is 1.86. The van der Waals surface area contributed by atoms with Gasteiger partial charge in [-0.1, -0.05) is 11.6 Å². The molecule has 0 aliphatic carbocycles. The van der Waals surface area contributed by atoms with Crippen molar-refractivity contribution in [3.63, 3.8) is 0 Å². The van der Waals surface area contributed by atoms with Crippen LogP contribution >= 0.6 is 11.6 Å².